The summed E-state index contributed by atoms with van der Waals surface area (Å²) in [7, 11) is 0. The fourth-order valence-electron chi connectivity index (χ4n) is 3.63. The zero-order valence-electron chi connectivity index (χ0n) is 14.3. The molecule has 0 bridgehead atoms. The van der Waals surface area contributed by atoms with Crippen LogP contribution in [0.25, 0.3) is 0 Å². The molecule has 0 aromatic carbocycles. The molecule has 2 aliphatic rings. The minimum atomic E-state index is -0.175. The van der Waals surface area contributed by atoms with Crippen molar-refractivity contribution in [2.24, 2.45) is 11.8 Å². The van der Waals surface area contributed by atoms with Crippen LogP contribution in [0.1, 0.15) is 65.7 Å². The van der Waals surface area contributed by atoms with Gasteiger partial charge in [-0.15, -0.1) is 0 Å². The topological polar surface area (TPSA) is 26.3 Å². The lowest BCUT2D eigenvalue weighted by atomic mass is 9.79. The average Bonchev–Trinajstić information content (AvgIpc) is 2.90. The fraction of sp³-hybridized carbons (Fsp3) is 0.650. The van der Waals surface area contributed by atoms with Crippen LogP contribution in [0.4, 0.5) is 0 Å². The van der Waals surface area contributed by atoms with Crippen LogP contribution >= 0.6 is 0 Å². The molecule has 0 N–H and O–H groups in total. The highest BCUT2D eigenvalue weighted by atomic mass is 16.5. The zero-order valence-corrected chi connectivity index (χ0v) is 14.3. The van der Waals surface area contributed by atoms with Gasteiger partial charge in [-0.3, -0.25) is 4.79 Å². The lowest BCUT2D eigenvalue weighted by Gasteiger charge is -2.29. The largest absolute Gasteiger partial charge is 0.458 e. The van der Waals surface area contributed by atoms with Crippen LogP contribution in [-0.2, 0) is 9.53 Å². The Morgan fingerprint density at radius 1 is 1.32 bits per heavy atom. The quantitative estimate of drug-likeness (QED) is 0.467. The molecule has 0 radical (unpaired) electrons. The van der Waals surface area contributed by atoms with Gasteiger partial charge >= 0.3 is 5.97 Å². The Labute approximate surface area is 135 Å². The molecular formula is C20H30O2. The smallest absolute Gasteiger partial charge is 0.303 e. The molecule has 0 saturated carbocycles. The maximum Gasteiger partial charge on any atom is 0.303 e. The van der Waals surface area contributed by atoms with Crippen molar-refractivity contribution in [2.75, 3.05) is 0 Å². The SMILES string of the molecule is CCC/C=C(\CCCC)C1=CC[C@@H]2C[C@@H](OC(C)=O)C=C[C@H]12. The third-order valence-electron chi connectivity index (χ3n) is 4.74. The highest BCUT2D eigenvalue weighted by molar-refractivity contribution is 5.66. The lowest BCUT2D eigenvalue weighted by molar-refractivity contribution is -0.145. The summed E-state index contributed by atoms with van der Waals surface area (Å²) >= 11 is 0. The van der Waals surface area contributed by atoms with Gasteiger partial charge in [-0.2, -0.15) is 0 Å². The predicted octanol–water partition coefficient (Wildman–Crippen LogP) is 5.36. The maximum atomic E-state index is 11.1. The van der Waals surface area contributed by atoms with Crippen LogP contribution in [0.2, 0.25) is 0 Å². The van der Waals surface area contributed by atoms with Gasteiger partial charge < -0.3 is 4.74 Å². The lowest BCUT2D eigenvalue weighted by Crippen LogP contribution is -2.25. The van der Waals surface area contributed by atoms with E-state index in [4.69, 9.17) is 4.74 Å². The molecule has 0 saturated heterocycles. The van der Waals surface area contributed by atoms with Crippen LogP contribution in [0, 0.1) is 11.8 Å². The van der Waals surface area contributed by atoms with Crippen molar-refractivity contribution < 1.29 is 9.53 Å². The van der Waals surface area contributed by atoms with E-state index in [1.54, 1.807) is 11.1 Å². The van der Waals surface area contributed by atoms with Crippen LogP contribution < -0.4 is 0 Å². The van der Waals surface area contributed by atoms with E-state index in [1.807, 2.05) is 0 Å². The minimum Gasteiger partial charge on any atom is -0.458 e. The summed E-state index contributed by atoms with van der Waals surface area (Å²) in [6, 6.07) is 0. The second-order valence-corrected chi connectivity index (χ2v) is 6.57. The number of allylic oxidation sites excluding steroid dienone is 5. The van der Waals surface area contributed by atoms with Gasteiger partial charge in [-0.05, 0) is 55.2 Å². The monoisotopic (exact) mass is 302 g/mol. The summed E-state index contributed by atoms with van der Waals surface area (Å²) < 4.78 is 5.36. The molecule has 3 atom stereocenters. The Morgan fingerprint density at radius 3 is 2.82 bits per heavy atom. The Balaban J connectivity index is 2.07. The van der Waals surface area contributed by atoms with Crippen molar-refractivity contribution >= 4 is 5.97 Å². The van der Waals surface area contributed by atoms with E-state index < -0.39 is 0 Å². The summed E-state index contributed by atoms with van der Waals surface area (Å²) in [5.41, 5.74) is 3.11. The summed E-state index contributed by atoms with van der Waals surface area (Å²) in [4.78, 5) is 11.1. The summed E-state index contributed by atoms with van der Waals surface area (Å²) in [6.45, 7) is 5.99. The molecule has 2 aliphatic carbocycles. The molecule has 2 heteroatoms. The molecular weight excluding hydrogens is 272 g/mol. The van der Waals surface area contributed by atoms with Crippen LogP contribution in [0.15, 0.2) is 35.5 Å². The molecule has 0 aromatic rings. The molecule has 0 aromatic heterocycles. The van der Waals surface area contributed by atoms with Crippen molar-refractivity contribution in [3.05, 3.63) is 35.5 Å². The Kier molecular flexibility index (Phi) is 6.48. The Morgan fingerprint density at radius 2 is 2.14 bits per heavy atom. The number of fused-ring (bicyclic) bond motifs is 1. The van der Waals surface area contributed by atoms with Crippen LogP contribution in [0.3, 0.4) is 0 Å². The maximum absolute atomic E-state index is 11.1. The van der Waals surface area contributed by atoms with Crippen molar-refractivity contribution in [3.8, 4) is 0 Å². The molecule has 0 aliphatic heterocycles. The molecule has 22 heavy (non-hydrogen) atoms. The van der Waals surface area contributed by atoms with E-state index in [0.29, 0.717) is 11.8 Å². The van der Waals surface area contributed by atoms with Gasteiger partial charge in [0.25, 0.3) is 0 Å². The van der Waals surface area contributed by atoms with E-state index in [0.717, 1.165) is 12.8 Å². The van der Waals surface area contributed by atoms with E-state index in [-0.39, 0.29) is 12.1 Å². The van der Waals surface area contributed by atoms with Gasteiger partial charge in [0.05, 0.1) is 0 Å². The highest BCUT2D eigenvalue weighted by Gasteiger charge is 2.34. The molecule has 0 fully saturated rings. The van der Waals surface area contributed by atoms with Gasteiger partial charge in [0.1, 0.15) is 6.10 Å². The van der Waals surface area contributed by atoms with Gasteiger partial charge in [0, 0.05) is 12.8 Å². The van der Waals surface area contributed by atoms with Crippen LogP contribution in [-0.4, -0.2) is 12.1 Å². The standard InChI is InChI=1S/C20H30O2/c1-4-6-8-16(9-7-5-2)19-12-10-17-14-18(22-15(3)21)11-13-20(17)19/h8,11-13,17-18,20H,4-7,9-10,14H2,1-3H3/b16-8+/t17-,18+,20+/m1/s1. The number of hydrogen-bond donors (Lipinski definition) is 0. The van der Waals surface area contributed by atoms with Gasteiger partial charge in [0.15, 0.2) is 0 Å². The first-order chi connectivity index (χ1) is 10.7. The number of esters is 1. The summed E-state index contributed by atoms with van der Waals surface area (Å²) in [6.07, 6.45) is 17.4. The van der Waals surface area contributed by atoms with Crippen molar-refractivity contribution in [1.29, 1.82) is 0 Å². The Bertz CT molecular complexity index is 470. The van der Waals surface area contributed by atoms with E-state index in [2.05, 4.69) is 38.2 Å². The van der Waals surface area contributed by atoms with E-state index in [9.17, 15) is 4.79 Å². The minimum absolute atomic E-state index is 0.0230. The zero-order chi connectivity index (χ0) is 15.9. The second-order valence-electron chi connectivity index (χ2n) is 6.57. The van der Waals surface area contributed by atoms with Crippen molar-refractivity contribution in [1.82, 2.24) is 0 Å². The molecule has 122 valence electrons. The first kappa shape index (κ1) is 17.1. The normalized spacial score (nSPS) is 27.5. The second kappa shape index (κ2) is 8.36. The number of ether oxygens (including phenoxy) is 1. The van der Waals surface area contributed by atoms with E-state index >= 15 is 0 Å². The molecule has 0 spiro atoms. The average molecular weight is 302 g/mol. The third-order valence-corrected chi connectivity index (χ3v) is 4.74. The van der Waals surface area contributed by atoms with Gasteiger partial charge in [-0.25, -0.2) is 0 Å². The first-order valence-corrected chi connectivity index (χ1v) is 8.90. The Hall–Kier alpha value is -1.31. The summed E-state index contributed by atoms with van der Waals surface area (Å²) in [5, 5.41) is 0. The first-order valence-electron chi connectivity index (χ1n) is 8.90. The number of carbonyl (C=O) groups is 1. The number of carbonyl (C=O) groups excluding carboxylic acids is 1. The van der Waals surface area contributed by atoms with Crippen molar-refractivity contribution in [3.63, 3.8) is 0 Å². The summed E-state index contributed by atoms with van der Waals surface area (Å²) in [5.74, 6) is 0.966. The fourth-order valence-corrected chi connectivity index (χ4v) is 3.63. The predicted molar refractivity (Wildman–Crippen MR) is 91.5 cm³/mol. The molecule has 0 amide bonds. The van der Waals surface area contributed by atoms with Crippen molar-refractivity contribution in [2.45, 2.75) is 71.8 Å². The molecule has 2 rings (SSSR count). The third kappa shape index (κ3) is 4.34. The van der Waals surface area contributed by atoms with Gasteiger partial charge in [0.2, 0.25) is 0 Å². The van der Waals surface area contributed by atoms with E-state index in [1.165, 1.54) is 39.0 Å². The highest BCUT2D eigenvalue weighted by Crippen LogP contribution is 2.43. The molecule has 0 unspecified atom stereocenters. The number of hydrogen-bond acceptors (Lipinski definition) is 2. The molecule has 2 nitrogen and oxygen atoms in total. The number of rotatable bonds is 7. The van der Waals surface area contributed by atoms with Crippen LogP contribution in [0.5, 0.6) is 0 Å². The number of unbranched alkanes of at least 4 members (excludes halogenated alkanes) is 2. The molecule has 0 heterocycles. The van der Waals surface area contributed by atoms with Gasteiger partial charge in [-0.1, -0.05) is 44.9 Å².